The largest absolute Gasteiger partial charge is 0.488 e. The van der Waals surface area contributed by atoms with Crippen LogP contribution in [0.3, 0.4) is 0 Å². The summed E-state index contributed by atoms with van der Waals surface area (Å²) >= 11 is 0. The number of nitrogens with one attached hydrogen (secondary N) is 1. The first-order chi connectivity index (χ1) is 9.57. The van der Waals surface area contributed by atoms with Crippen LogP contribution in [0.2, 0.25) is 0 Å². The molecule has 1 aromatic rings. The highest BCUT2D eigenvalue weighted by Gasteiger charge is 2.39. The average molecular weight is 277 g/mol. The summed E-state index contributed by atoms with van der Waals surface area (Å²) in [5, 5.41) is 13.7. The van der Waals surface area contributed by atoms with E-state index in [0.29, 0.717) is 19.6 Å². The van der Waals surface area contributed by atoms with Gasteiger partial charge in [0.15, 0.2) is 0 Å². The molecule has 2 heterocycles. The minimum atomic E-state index is -0.734. The van der Waals surface area contributed by atoms with Crippen molar-refractivity contribution in [1.82, 2.24) is 5.32 Å². The molecule has 0 aliphatic carbocycles. The lowest BCUT2D eigenvalue weighted by Gasteiger charge is -2.26. The number of rotatable bonds is 4. The lowest BCUT2D eigenvalue weighted by Crippen LogP contribution is -2.47. The zero-order chi connectivity index (χ0) is 14.2. The molecule has 3 rings (SSSR count). The zero-order valence-corrected chi connectivity index (χ0v) is 12.2. The van der Waals surface area contributed by atoms with E-state index >= 15 is 0 Å². The molecule has 0 spiro atoms. The minimum Gasteiger partial charge on any atom is -0.488 e. The monoisotopic (exact) mass is 277 g/mol. The molecular formula is C16H23NO3. The number of fused-ring (bicyclic) bond motifs is 1. The van der Waals surface area contributed by atoms with Gasteiger partial charge in [-0.1, -0.05) is 17.7 Å². The molecule has 2 N–H and O–H groups in total. The Balaban J connectivity index is 1.49. The van der Waals surface area contributed by atoms with Gasteiger partial charge >= 0.3 is 0 Å². The summed E-state index contributed by atoms with van der Waals surface area (Å²) in [5.74, 6) is 0.999. The van der Waals surface area contributed by atoms with Crippen molar-refractivity contribution in [2.45, 2.75) is 44.5 Å². The van der Waals surface area contributed by atoms with Crippen LogP contribution in [0.15, 0.2) is 18.2 Å². The first-order valence-electron chi connectivity index (χ1n) is 7.38. The first kappa shape index (κ1) is 13.9. The Morgan fingerprint density at radius 1 is 1.45 bits per heavy atom. The average Bonchev–Trinajstić information content (AvgIpc) is 2.94. The van der Waals surface area contributed by atoms with Crippen LogP contribution in [0, 0.1) is 6.92 Å². The molecule has 4 heteroatoms. The first-order valence-corrected chi connectivity index (χ1v) is 7.38. The van der Waals surface area contributed by atoms with Crippen molar-refractivity contribution in [1.29, 1.82) is 0 Å². The summed E-state index contributed by atoms with van der Waals surface area (Å²) in [7, 11) is 0. The topological polar surface area (TPSA) is 50.7 Å². The van der Waals surface area contributed by atoms with Gasteiger partial charge in [0.05, 0.1) is 6.10 Å². The third-order valence-corrected chi connectivity index (χ3v) is 4.42. The van der Waals surface area contributed by atoms with Crippen LogP contribution in [0.25, 0.3) is 0 Å². The van der Waals surface area contributed by atoms with E-state index in [0.717, 1.165) is 18.7 Å². The van der Waals surface area contributed by atoms with Gasteiger partial charge in [0.25, 0.3) is 0 Å². The molecule has 4 nitrogen and oxygen atoms in total. The molecular weight excluding hydrogens is 254 g/mol. The second-order valence-corrected chi connectivity index (χ2v) is 6.05. The maximum absolute atomic E-state index is 10.4. The van der Waals surface area contributed by atoms with Crippen molar-refractivity contribution in [2.75, 3.05) is 19.7 Å². The van der Waals surface area contributed by atoms with E-state index in [9.17, 15) is 5.11 Å². The zero-order valence-electron chi connectivity index (χ0n) is 12.2. The van der Waals surface area contributed by atoms with E-state index in [1.54, 1.807) is 0 Å². The SMILES string of the molecule is Cc1ccc2c(c1)CC(CNCC1(O)CCOC1C)O2. The third kappa shape index (κ3) is 2.68. The van der Waals surface area contributed by atoms with Crippen molar-refractivity contribution in [2.24, 2.45) is 0 Å². The normalized spacial score (nSPS) is 32.1. The van der Waals surface area contributed by atoms with Crippen LogP contribution in [-0.2, 0) is 11.2 Å². The predicted molar refractivity (Wildman–Crippen MR) is 77.1 cm³/mol. The number of benzene rings is 1. The van der Waals surface area contributed by atoms with Gasteiger partial charge in [0.2, 0.25) is 0 Å². The Kier molecular flexibility index (Phi) is 3.71. The van der Waals surface area contributed by atoms with E-state index in [4.69, 9.17) is 9.47 Å². The van der Waals surface area contributed by atoms with Crippen molar-refractivity contribution in [3.05, 3.63) is 29.3 Å². The molecule has 0 bridgehead atoms. The quantitative estimate of drug-likeness (QED) is 0.874. The summed E-state index contributed by atoms with van der Waals surface area (Å²) < 4.78 is 11.3. The highest BCUT2D eigenvalue weighted by Crippen LogP contribution is 2.29. The van der Waals surface area contributed by atoms with Crippen LogP contribution >= 0.6 is 0 Å². The lowest BCUT2D eigenvalue weighted by atomic mass is 9.96. The van der Waals surface area contributed by atoms with E-state index < -0.39 is 5.60 Å². The molecule has 1 fully saturated rings. The summed E-state index contributed by atoms with van der Waals surface area (Å²) in [6.45, 7) is 5.98. The van der Waals surface area contributed by atoms with Gasteiger partial charge in [-0.2, -0.15) is 0 Å². The highest BCUT2D eigenvalue weighted by molar-refractivity contribution is 5.40. The fourth-order valence-electron chi connectivity index (χ4n) is 3.02. The Morgan fingerprint density at radius 2 is 2.30 bits per heavy atom. The van der Waals surface area contributed by atoms with E-state index in [2.05, 4.69) is 24.4 Å². The van der Waals surface area contributed by atoms with Gasteiger partial charge in [0.1, 0.15) is 17.5 Å². The number of hydrogen-bond acceptors (Lipinski definition) is 4. The Morgan fingerprint density at radius 3 is 3.05 bits per heavy atom. The van der Waals surface area contributed by atoms with Crippen LogP contribution in [0.5, 0.6) is 5.75 Å². The summed E-state index contributed by atoms with van der Waals surface area (Å²) in [4.78, 5) is 0. The van der Waals surface area contributed by atoms with Gasteiger partial charge in [-0.05, 0) is 25.5 Å². The van der Waals surface area contributed by atoms with Gasteiger partial charge in [-0.15, -0.1) is 0 Å². The highest BCUT2D eigenvalue weighted by atomic mass is 16.5. The fourth-order valence-corrected chi connectivity index (χ4v) is 3.02. The molecule has 1 saturated heterocycles. The molecule has 2 aliphatic rings. The van der Waals surface area contributed by atoms with E-state index in [1.807, 2.05) is 13.0 Å². The summed E-state index contributed by atoms with van der Waals surface area (Å²) in [6, 6.07) is 6.32. The maximum Gasteiger partial charge on any atom is 0.123 e. The summed E-state index contributed by atoms with van der Waals surface area (Å²) in [5.41, 5.74) is 1.82. The van der Waals surface area contributed by atoms with Crippen molar-refractivity contribution >= 4 is 0 Å². The van der Waals surface area contributed by atoms with Gasteiger partial charge in [-0.3, -0.25) is 0 Å². The van der Waals surface area contributed by atoms with Crippen molar-refractivity contribution in [3.8, 4) is 5.75 Å². The molecule has 2 aliphatic heterocycles. The van der Waals surface area contributed by atoms with Gasteiger partial charge in [0, 0.05) is 32.5 Å². The molecule has 3 atom stereocenters. The molecule has 0 aromatic heterocycles. The molecule has 0 radical (unpaired) electrons. The van der Waals surface area contributed by atoms with Gasteiger partial charge < -0.3 is 19.9 Å². The summed E-state index contributed by atoms with van der Waals surface area (Å²) in [6.07, 6.45) is 1.70. The van der Waals surface area contributed by atoms with Crippen molar-refractivity contribution in [3.63, 3.8) is 0 Å². The molecule has 20 heavy (non-hydrogen) atoms. The van der Waals surface area contributed by atoms with E-state index in [1.165, 1.54) is 11.1 Å². The number of ether oxygens (including phenoxy) is 2. The van der Waals surface area contributed by atoms with Crippen LogP contribution in [0.1, 0.15) is 24.5 Å². The number of aryl methyl sites for hydroxylation is 1. The second-order valence-electron chi connectivity index (χ2n) is 6.05. The molecule has 0 amide bonds. The smallest absolute Gasteiger partial charge is 0.123 e. The minimum absolute atomic E-state index is 0.0978. The molecule has 1 aromatic carbocycles. The third-order valence-electron chi connectivity index (χ3n) is 4.42. The fraction of sp³-hybridized carbons (Fsp3) is 0.625. The Bertz CT molecular complexity index is 491. The molecule has 0 saturated carbocycles. The molecule has 3 unspecified atom stereocenters. The number of hydrogen-bond donors (Lipinski definition) is 2. The van der Waals surface area contributed by atoms with Crippen molar-refractivity contribution < 1.29 is 14.6 Å². The Hall–Kier alpha value is -1.10. The predicted octanol–water partition coefficient (Wildman–Crippen LogP) is 1.43. The van der Waals surface area contributed by atoms with Crippen LogP contribution < -0.4 is 10.1 Å². The van der Waals surface area contributed by atoms with E-state index in [-0.39, 0.29) is 12.2 Å². The second kappa shape index (κ2) is 5.35. The Labute approximate surface area is 120 Å². The molecule has 110 valence electrons. The van der Waals surface area contributed by atoms with Crippen LogP contribution in [0.4, 0.5) is 0 Å². The lowest BCUT2D eigenvalue weighted by molar-refractivity contribution is -0.0269. The number of aliphatic hydroxyl groups is 1. The maximum atomic E-state index is 10.4. The van der Waals surface area contributed by atoms with Crippen LogP contribution in [-0.4, -0.2) is 42.6 Å². The van der Waals surface area contributed by atoms with Gasteiger partial charge in [-0.25, -0.2) is 0 Å². The standard InChI is InChI=1S/C16H23NO3/c1-11-3-4-15-13(7-11)8-14(20-15)9-17-10-16(18)5-6-19-12(16)2/h3-4,7,12,14,17-18H,5-6,8-10H2,1-2H3.